The molecule has 3 aromatic heterocycles. The molecule has 5 rings (SSSR count). The van der Waals surface area contributed by atoms with Crippen LogP contribution in [-0.2, 0) is 14.4 Å². The first-order chi connectivity index (χ1) is 17.7. The fourth-order valence-corrected chi connectivity index (χ4v) is 3.64. The third-order valence-corrected chi connectivity index (χ3v) is 6.22. The first-order valence-electron chi connectivity index (χ1n) is 11.2. The molecule has 1 aliphatic carbocycles. The fraction of sp³-hybridized carbons (Fsp3) is 0.261. The Morgan fingerprint density at radius 2 is 1.89 bits per heavy atom. The SMILES string of the molecule is CC(C)(C(=O)Nc1ccc(Oc2ccc3nc(NC(=O)C4CC4)cn3n2)c(F)c1)C(=O)Nc1nncs1. The molecule has 3 amide bonds. The average Bonchev–Trinajstić information content (AvgIpc) is 3.45. The minimum absolute atomic E-state index is 0.0386. The van der Waals surface area contributed by atoms with Crippen molar-refractivity contribution in [3.8, 4) is 11.6 Å². The Hall–Kier alpha value is -4.46. The van der Waals surface area contributed by atoms with Gasteiger partial charge < -0.3 is 15.4 Å². The highest BCUT2D eigenvalue weighted by molar-refractivity contribution is 7.13. The number of hydrogen-bond acceptors (Lipinski definition) is 9. The summed E-state index contributed by atoms with van der Waals surface area (Å²) in [6.45, 7) is 2.88. The highest BCUT2D eigenvalue weighted by atomic mass is 32.1. The lowest BCUT2D eigenvalue weighted by atomic mass is 9.91. The monoisotopic (exact) mass is 524 g/mol. The lowest BCUT2D eigenvalue weighted by Gasteiger charge is -2.22. The van der Waals surface area contributed by atoms with Crippen molar-refractivity contribution < 1.29 is 23.5 Å². The molecule has 0 atom stereocenters. The third-order valence-electron chi connectivity index (χ3n) is 5.62. The molecule has 1 aromatic carbocycles. The number of carbonyl (C=O) groups is 3. The van der Waals surface area contributed by atoms with Crippen molar-refractivity contribution in [3.63, 3.8) is 0 Å². The van der Waals surface area contributed by atoms with E-state index in [0.29, 0.717) is 11.5 Å². The van der Waals surface area contributed by atoms with Gasteiger partial charge in [-0.15, -0.1) is 15.3 Å². The first kappa shape index (κ1) is 24.2. The molecule has 1 aliphatic rings. The van der Waals surface area contributed by atoms with Crippen LogP contribution in [-0.4, -0.2) is 42.5 Å². The van der Waals surface area contributed by atoms with Crippen LogP contribution in [0.4, 0.5) is 21.0 Å². The molecule has 4 aromatic rings. The maximum atomic E-state index is 14.8. The van der Waals surface area contributed by atoms with Gasteiger partial charge in [0.15, 0.2) is 23.0 Å². The summed E-state index contributed by atoms with van der Waals surface area (Å²) in [7, 11) is 0. The number of ether oxygens (including phenoxy) is 1. The van der Waals surface area contributed by atoms with Crippen LogP contribution < -0.4 is 20.7 Å². The van der Waals surface area contributed by atoms with Gasteiger partial charge in [-0.1, -0.05) is 11.3 Å². The summed E-state index contributed by atoms with van der Waals surface area (Å²) in [5.41, 5.74) is 0.596. The molecule has 37 heavy (non-hydrogen) atoms. The number of aromatic nitrogens is 5. The standard InChI is InChI=1S/C23H21FN8O4S/c1-23(2,21(35)29-22-30-25-11-37-22)20(34)26-13-5-6-15(14(24)9-13)36-18-8-7-17-27-16(10-32(17)31-18)28-19(33)12-3-4-12/h5-12H,3-4H2,1-2H3,(H,26,34)(H,28,33)(H,29,30,35). The summed E-state index contributed by atoms with van der Waals surface area (Å²) in [4.78, 5) is 41.5. The Morgan fingerprint density at radius 1 is 1.11 bits per heavy atom. The number of nitrogens with zero attached hydrogens (tertiary/aromatic N) is 5. The molecule has 0 spiro atoms. The topological polar surface area (TPSA) is 152 Å². The summed E-state index contributed by atoms with van der Waals surface area (Å²) in [5, 5.41) is 19.7. The molecule has 0 saturated heterocycles. The molecule has 3 heterocycles. The molecular formula is C23H21FN8O4S. The van der Waals surface area contributed by atoms with Crippen LogP contribution in [0.3, 0.4) is 0 Å². The van der Waals surface area contributed by atoms with E-state index in [2.05, 4.69) is 36.2 Å². The summed E-state index contributed by atoms with van der Waals surface area (Å²) >= 11 is 1.12. The minimum Gasteiger partial charge on any atom is -0.434 e. The predicted molar refractivity (Wildman–Crippen MR) is 132 cm³/mol. The second kappa shape index (κ2) is 9.54. The molecule has 1 saturated carbocycles. The van der Waals surface area contributed by atoms with Gasteiger partial charge in [-0.05, 0) is 44.9 Å². The van der Waals surface area contributed by atoms with Crippen LogP contribution >= 0.6 is 11.3 Å². The summed E-state index contributed by atoms with van der Waals surface area (Å²) < 4.78 is 21.8. The van der Waals surface area contributed by atoms with Crippen LogP contribution in [0.5, 0.6) is 11.6 Å². The largest absolute Gasteiger partial charge is 0.434 e. The van der Waals surface area contributed by atoms with Crippen LogP contribution in [0, 0.1) is 17.2 Å². The number of fused-ring (bicyclic) bond motifs is 1. The van der Waals surface area contributed by atoms with Crippen LogP contribution in [0.25, 0.3) is 5.65 Å². The van der Waals surface area contributed by atoms with Gasteiger partial charge in [0.1, 0.15) is 10.9 Å². The zero-order valence-electron chi connectivity index (χ0n) is 19.7. The summed E-state index contributed by atoms with van der Waals surface area (Å²) in [6, 6.07) is 6.99. The Morgan fingerprint density at radius 3 is 2.59 bits per heavy atom. The van der Waals surface area contributed by atoms with Gasteiger partial charge in [-0.25, -0.2) is 13.9 Å². The van der Waals surface area contributed by atoms with Crippen molar-refractivity contribution >= 4 is 51.3 Å². The second-order valence-corrected chi connectivity index (χ2v) is 9.72. The molecule has 0 aliphatic heterocycles. The lowest BCUT2D eigenvalue weighted by molar-refractivity contribution is -0.135. The summed E-state index contributed by atoms with van der Waals surface area (Å²) in [6.07, 6.45) is 3.30. The van der Waals surface area contributed by atoms with E-state index in [1.165, 1.54) is 42.1 Å². The van der Waals surface area contributed by atoms with E-state index in [1.54, 1.807) is 12.3 Å². The molecule has 3 N–H and O–H groups in total. The van der Waals surface area contributed by atoms with Gasteiger partial charge >= 0.3 is 0 Å². The molecule has 0 radical (unpaired) electrons. The number of imidazole rings is 1. The Labute approximate surface area is 213 Å². The van der Waals surface area contributed by atoms with Gasteiger partial charge in [0.25, 0.3) is 0 Å². The van der Waals surface area contributed by atoms with Gasteiger partial charge in [-0.2, -0.15) is 0 Å². The molecule has 14 heteroatoms. The second-order valence-electron chi connectivity index (χ2n) is 8.89. The van der Waals surface area contributed by atoms with Crippen molar-refractivity contribution in [1.82, 2.24) is 24.8 Å². The average molecular weight is 525 g/mol. The van der Waals surface area contributed by atoms with E-state index in [1.807, 2.05) is 0 Å². The number of rotatable bonds is 8. The van der Waals surface area contributed by atoms with Crippen molar-refractivity contribution in [2.24, 2.45) is 11.3 Å². The fourth-order valence-electron chi connectivity index (χ4n) is 3.20. The van der Waals surface area contributed by atoms with Crippen LogP contribution in [0.2, 0.25) is 0 Å². The zero-order valence-corrected chi connectivity index (χ0v) is 20.5. The van der Waals surface area contributed by atoms with Gasteiger partial charge in [0, 0.05) is 23.7 Å². The Balaban J connectivity index is 1.24. The molecular weight excluding hydrogens is 503 g/mol. The number of amides is 3. The van der Waals surface area contributed by atoms with Crippen LogP contribution in [0.1, 0.15) is 26.7 Å². The highest BCUT2D eigenvalue weighted by Gasteiger charge is 2.37. The van der Waals surface area contributed by atoms with E-state index >= 15 is 0 Å². The highest BCUT2D eigenvalue weighted by Crippen LogP contribution is 2.30. The minimum atomic E-state index is -1.47. The van der Waals surface area contributed by atoms with E-state index in [-0.39, 0.29) is 34.3 Å². The predicted octanol–water partition coefficient (Wildman–Crippen LogP) is 3.46. The number of nitrogens with one attached hydrogen (secondary N) is 3. The van der Waals surface area contributed by atoms with Crippen molar-refractivity contribution in [3.05, 3.63) is 47.9 Å². The van der Waals surface area contributed by atoms with Gasteiger partial charge in [0.05, 0.1) is 6.20 Å². The van der Waals surface area contributed by atoms with Crippen molar-refractivity contribution in [2.75, 3.05) is 16.0 Å². The molecule has 190 valence electrons. The van der Waals surface area contributed by atoms with E-state index in [4.69, 9.17) is 4.74 Å². The maximum Gasteiger partial charge on any atom is 0.241 e. The van der Waals surface area contributed by atoms with E-state index < -0.39 is 23.0 Å². The summed E-state index contributed by atoms with van der Waals surface area (Å²) in [5.74, 6) is -1.67. The van der Waals surface area contributed by atoms with Crippen molar-refractivity contribution in [2.45, 2.75) is 26.7 Å². The van der Waals surface area contributed by atoms with Crippen molar-refractivity contribution in [1.29, 1.82) is 0 Å². The van der Waals surface area contributed by atoms with E-state index in [9.17, 15) is 18.8 Å². The number of benzene rings is 1. The number of carbonyl (C=O) groups excluding carboxylic acids is 3. The smallest absolute Gasteiger partial charge is 0.241 e. The number of hydrogen-bond donors (Lipinski definition) is 3. The van der Waals surface area contributed by atoms with Gasteiger partial charge in [0.2, 0.25) is 28.7 Å². The number of anilines is 3. The van der Waals surface area contributed by atoms with Crippen LogP contribution in [0.15, 0.2) is 42.0 Å². The molecule has 12 nitrogen and oxygen atoms in total. The molecule has 0 bridgehead atoms. The van der Waals surface area contributed by atoms with E-state index in [0.717, 1.165) is 30.2 Å². The van der Waals surface area contributed by atoms with Gasteiger partial charge in [-0.3, -0.25) is 19.7 Å². The first-order valence-corrected chi connectivity index (χ1v) is 12.1. The molecule has 0 unspecified atom stereocenters. The maximum absolute atomic E-state index is 14.8. The molecule has 1 fully saturated rings. The lowest BCUT2D eigenvalue weighted by Crippen LogP contribution is -2.41. The quantitative estimate of drug-likeness (QED) is 0.296. The third kappa shape index (κ3) is 5.38. The Bertz CT molecular complexity index is 1500. The zero-order chi connectivity index (χ0) is 26.2. The Kier molecular flexibility index (Phi) is 6.25. The normalized spacial score (nSPS) is 13.3. The number of halogens is 1.